The predicted octanol–water partition coefficient (Wildman–Crippen LogP) is 2.18. The Morgan fingerprint density at radius 3 is 2.25 bits per heavy atom. The van der Waals surface area contributed by atoms with Gasteiger partial charge < -0.3 is 15.8 Å². The van der Waals surface area contributed by atoms with Crippen molar-refractivity contribution >= 4 is 23.4 Å². The van der Waals surface area contributed by atoms with Crippen LogP contribution in [0.1, 0.15) is 20.8 Å². The van der Waals surface area contributed by atoms with Crippen LogP contribution in [0, 0.1) is 5.41 Å². The molecule has 0 spiro atoms. The highest BCUT2D eigenvalue weighted by Gasteiger charge is 2.27. The minimum absolute atomic E-state index is 0.271. The summed E-state index contributed by atoms with van der Waals surface area (Å²) in [5, 5.41) is 5.24. The third-order valence-electron chi connectivity index (χ3n) is 2.78. The second-order valence-corrected chi connectivity index (χ2v) is 5.53. The number of nitrogens with one attached hydrogen (secondary N) is 2. The molecule has 0 bridgehead atoms. The van der Waals surface area contributed by atoms with Gasteiger partial charge in [-0.05, 0) is 23.6 Å². The lowest BCUT2D eigenvalue weighted by atomic mass is 9.87. The fraction of sp³-hybridized carbons (Fsp3) is 0.429. The van der Waals surface area contributed by atoms with Gasteiger partial charge in [0.2, 0.25) is 5.91 Å². The zero-order valence-electron chi connectivity index (χ0n) is 12.2. The van der Waals surface area contributed by atoms with Gasteiger partial charge in [0.25, 0.3) is 0 Å². The summed E-state index contributed by atoms with van der Waals surface area (Å²) in [6.07, 6.45) is -0.570. The molecule has 110 valence electrons. The number of rotatable bonds is 3. The van der Waals surface area contributed by atoms with Gasteiger partial charge in [-0.2, -0.15) is 0 Å². The monoisotopic (exact) mass is 279 g/mol. The number of ether oxygens (including phenoxy) is 1. The van der Waals surface area contributed by atoms with Gasteiger partial charge in [0.15, 0.2) is 0 Å². The van der Waals surface area contributed by atoms with Crippen molar-refractivity contribution in [3.63, 3.8) is 0 Å². The summed E-state index contributed by atoms with van der Waals surface area (Å²) >= 11 is 0. The second kappa shape index (κ2) is 6.38. The molecule has 2 amide bonds. The number of carbonyl (C=O) groups is 2. The SMILES string of the molecule is COC(=O)Nc1cccc(NC(=O)C(N)C(C)(C)C)c1. The Balaban J connectivity index is 2.76. The highest BCUT2D eigenvalue weighted by molar-refractivity contribution is 5.96. The van der Waals surface area contributed by atoms with E-state index >= 15 is 0 Å². The van der Waals surface area contributed by atoms with Crippen molar-refractivity contribution < 1.29 is 14.3 Å². The maximum absolute atomic E-state index is 12.0. The third-order valence-corrected chi connectivity index (χ3v) is 2.78. The summed E-state index contributed by atoms with van der Waals surface area (Å²) in [5.74, 6) is -0.271. The van der Waals surface area contributed by atoms with Crippen LogP contribution >= 0.6 is 0 Å². The maximum Gasteiger partial charge on any atom is 0.411 e. The van der Waals surface area contributed by atoms with E-state index in [9.17, 15) is 9.59 Å². The zero-order valence-corrected chi connectivity index (χ0v) is 12.2. The Labute approximate surface area is 118 Å². The van der Waals surface area contributed by atoms with E-state index in [1.165, 1.54) is 7.11 Å². The lowest BCUT2D eigenvalue weighted by Gasteiger charge is -2.25. The van der Waals surface area contributed by atoms with Crippen molar-refractivity contribution in [2.45, 2.75) is 26.8 Å². The molecular formula is C14H21N3O3. The molecule has 1 aromatic carbocycles. The van der Waals surface area contributed by atoms with Gasteiger partial charge in [0.05, 0.1) is 13.2 Å². The molecule has 20 heavy (non-hydrogen) atoms. The molecule has 0 heterocycles. The predicted molar refractivity (Wildman–Crippen MR) is 78.5 cm³/mol. The van der Waals surface area contributed by atoms with Crippen molar-refractivity contribution in [3.8, 4) is 0 Å². The zero-order chi connectivity index (χ0) is 15.3. The maximum atomic E-state index is 12.0. The first kappa shape index (κ1) is 16.0. The molecule has 1 rings (SSSR count). The first-order valence-corrected chi connectivity index (χ1v) is 6.25. The van der Waals surface area contributed by atoms with E-state index in [2.05, 4.69) is 15.4 Å². The Morgan fingerprint density at radius 1 is 1.20 bits per heavy atom. The number of methoxy groups -OCH3 is 1. The molecule has 0 saturated carbocycles. The standard InChI is InChI=1S/C14H21N3O3/c1-14(2,3)11(15)12(18)16-9-6-5-7-10(8-9)17-13(19)20-4/h5-8,11H,15H2,1-4H3,(H,16,18)(H,17,19). The van der Waals surface area contributed by atoms with E-state index in [4.69, 9.17) is 5.73 Å². The highest BCUT2D eigenvalue weighted by atomic mass is 16.5. The molecule has 0 saturated heterocycles. The molecule has 0 aliphatic carbocycles. The van der Waals surface area contributed by atoms with Crippen molar-refractivity contribution in [3.05, 3.63) is 24.3 Å². The van der Waals surface area contributed by atoms with Gasteiger partial charge in [0.1, 0.15) is 0 Å². The topological polar surface area (TPSA) is 93.5 Å². The Kier molecular flexibility index (Phi) is 5.10. The quantitative estimate of drug-likeness (QED) is 0.790. The van der Waals surface area contributed by atoms with E-state index < -0.39 is 12.1 Å². The lowest BCUT2D eigenvalue weighted by Crippen LogP contribution is -2.45. The fourth-order valence-electron chi connectivity index (χ4n) is 1.46. The van der Waals surface area contributed by atoms with Crippen LogP contribution in [0.3, 0.4) is 0 Å². The van der Waals surface area contributed by atoms with Crippen molar-refractivity contribution in [2.75, 3.05) is 17.7 Å². The summed E-state index contributed by atoms with van der Waals surface area (Å²) in [6, 6.07) is 6.12. The highest BCUT2D eigenvalue weighted by Crippen LogP contribution is 2.20. The van der Waals surface area contributed by atoms with Crippen LogP contribution in [0.15, 0.2) is 24.3 Å². The van der Waals surface area contributed by atoms with Gasteiger partial charge in [-0.1, -0.05) is 26.8 Å². The van der Waals surface area contributed by atoms with E-state index in [1.54, 1.807) is 24.3 Å². The number of nitrogens with two attached hydrogens (primary N) is 1. The first-order chi connectivity index (χ1) is 9.24. The number of benzene rings is 1. The van der Waals surface area contributed by atoms with E-state index in [0.717, 1.165) is 0 Å². The average Bonchev–Trinajstić information content (AvgIpc) is 2.36. The molecule has 6 nitrogen and oxygen atoms in total. The van der Waals surface area contributed by atoms with Crippen LogP contribution in [-0.4, -0.2) is 25.2 Å². The fourth-order valence-corrected chi connectivity index (χ4v) is 1.46. The van der Waals surface area contributed by atoms with E-state index in [-0.39, 0.29) is 11.3 Å². The molecule has 4 N–H and O–H groups in total. The van der Waals surface area contributed by atoms with Crippen LogP contribution in [0.2, 0.25) is 0 Å². The second-order valence-electron chi connectivity index (χ2n) is 5.53. The van der Waals surface area contributed by atoms with E-state index in [0.29, 0.717) is 11.4 Å². The lowest BCUT2D eigenvalue weighted by molar-refractivity contribution is -0.119. The van der Waals surface area contributed by atoms with Crippen LogP contribution < -0.4 is 16.4 Å². The van der Waals surface area contributed by atoms with E-state index in [1.807, 2.05) is 20.8 Å². The molecule has 0 radical (unpaired) electrons. The summed E-state index contributed by atoms with van der Waals surface area (Å²) in [4.78, 5) is 23.1. The number of hydrogen-bond acceptors (Lipinski definition) is 4. The Hall–Kier alpha value is -2.08. The summed E-state index contributed by atoms with van der Waals surface area (Å²) in [6.45, 7) is 5.69. The van der Waals surface area contributed by atoms with Gasteiger partial charge in [-0.25, -0.2) is 4.79 Å². The molecule has 1 atom stereocenters. The van der Waals surface area contributed by atoms with Crippen molar-refractivity contribution in [1.29, 1.82) is 0 Å². The smallest absolute Gasteiger partial charge is 0.411 e. The van der Waals surface area contributed by atoms with Crippen LogP contribution in [-0.2, 0) is 9.53 Å². The summed E-state index contributed by atoms with van der Waals surface area (Å²) in [5.41, 5.74) is 6.64. The number of hydrogen-bond donors (Lipinski definition) is 3. The number of amides is 2. The van der Waals surface area contributed by atoms with Gasteiger partial charge in [-0.3, -0.25) is 10.1 Å². The van der Waals surface area contributed by atoms with Crippen LogP contribution in [0.25, 0.3) is 0 Å². The molecule has 0 fully saturated rings. The van der Waals surface area contributed by atoms with Crippen LogP contribution in [0.5, 0.6) is 0 Å². The summed E-state index contributed by atoms with van der Waals surface area (Å²) in [7, 11) is 1.28. The van der Waals surface area contributed by atoms with Gasteiger partial charge >= 0.3 is 6.09 Å². The molecule has 0 aliphatic heterocycles. The minimum Gasteiger partial charge on any atom is -0.453 e. The molecule has 6 heteroatoms. The minimum atomic E-state index is -0.625. The normalized spacial score (nSPS) is 12.4. The van der Waals surface area contributed by atoms with Crippen molar-refractivity contribution in [2.24, 2.45) is 11.1 Å². The largest absolute Gasteiger partial charge is 0.453 e. The number of carbonyl (C=O) groups excluding carboxylic acids is 2. The molecule has 0 aromatic heterocycles. The number of anilines is 2. The third kappa shape index (κ3) is 4.55. The summed E-state index contributed by atoms with van der Waals surface area (Å²) < 4.78 is 4.50. The molecule has 1 unspecified atom stereocenters. The Morgan fingerprint density at radius 2 is 1.75 bits per heavy atom. The molecule has 0 aliphatic rings. The van der Waals surface area contributed by atoms with Gasteiger partial charge in [0, 0.05) is 11.4 Å². The Bertz CT molecular complexity index is 495. The molecular weight excluding hydrogens is 258 g/mol. The molecule has 1 aromatic rings. The first-order valence-electron chi connectivity index (χ1n) is 6.25. The van der Waals surface area contributed by atoms with Crippen molar-refractivity contribution in [1.82, 2.24) is 0 Å². The van der Waals surface area contributed by atoms with Gasteiger partial charge in [-0.15, -0.1) is 0 Å². The van der Waals surface area contributed by atoms with Crippen LogP contribution in [0.4, 0.5) is 16.2 Å². The average molecular weight is 279 g/mol.